The number of nitrogens with zero attached hydrogens (tertiary/aromatic N) is 1. The standard InChI is InChI=1S/C15H24N2O3S/c1-16-11-13-3-5-15(6-4-13)20-9-8-17(2)14-7-10-21(18,19)12-14/h3-6,14,16H,7-12H2,1-2H3. The minimum absolute atomic E-state index is 0.136. The molecule has 1 heterocycles. The molecule has 6 heteroatoms. The maximum absolute atomic E-state index is 11.5. The normalized spacial score (nSPS) is 20.8. The van der Waals surface area contributed by atoms with E-state index in [-0.39, 0.29) is 11.8 Å². The van der Waals surface area contributed by atoms with E-state index >= 15 is 0 Å². The lowest BCUT2D eigenvalue weighted by Gasteiger charge is -2.22. The van der Waals surface area contributed by atoms with Crippen molar-refractivity contribution in [3.8, 4) is 5.75 Å². The Hall–Kier alpha value is -1.11. The summed E-state index contributed by atoms with van der Waals surface area (Å²) in [5, 5.41) is 3.10. The number of hydrogen-bond donors (Lipinski definition) is 1. The zero-order chi connectivity index (χ0) is 15.3. The highest BCUT2D eigenvalue weighted by molar-refractivity contribution is 7.91. The van der Waals surface area contributed by atoms with Gasteiger partial charge >= 0.3 is 0 Å². The van der Waals surface area contributed by atoms with Gasteiger partial charge in [-0.3, -0.25) is 4.90 Å². The maximum Gasteiger partial charge on any atom is 0.151 e. The Morgan fingerprint density at radius 1 is 1.33 bits per heavy atom. The van der Waals surface area contributed by atoms with Crippen molar-refractivity contribution in [2.45, 2.75) is 19.0 Å². The molecule has 1 aliphatic rings. The van der Waals surface area contributed by atoms with Crippen LogP contribution < -0.4 is 10.1 Å². The van der Waals surface area contributed by atoms with Crippen molar-refractivity contribution >= 4 is 9.84 Å². The first-order chi connectivity index (χ1) is 10.00. The number of nitrogens with one attached hydrogen (secondary N) is 1. The number of sulfone groups is 1. The molecule has 1 atom stereocenters. The van der Waals surface area contributed by atoms with Gasteiger partial charge in [0.1, 0.15) is 12.4 Å². The molecule has 0 saturated carbocycles. The lowest BCUT2D eigenvalue weighted by molar-refractivity contribution is 0.202. The summed E-state index contributed by atoms with van der Waals surface area (Å²) < 4.78 is 28.6. The van der Waals surface area contributed by atoms with Gasteiger partial charge in [-0.15, -0.1) is 0 Å². The van der Waals surface area contributed by atoms with Crippen LogP contribution in [0.25, 0.3) is 0 Å². The van der Waals surface area contributed by atoms with Crippen molar-refractivity contribution in [3.05, 3.63) is 29.8 Å². The third kappa shape index (κ3) is 4.98. The van der Waals surface area contributed by atoms with Crippen LogP contribution >= 0.6 is 0 Å². The van der Waals surface area contributed by atoms with Crippen molar-refractivity contribution < 1.29 is 13.2 Å². The monoisotopic (exact) mass is 312 g/mol. The van der Waals surface area contributed by atoms with Gasteiger partial charge < -0.3 is 10.1 Å². The van der Waals surface area contributed by atoms with Gasteiger partial charge in [0.15, 0.2) is 9.84 Å². The first kappa shape index (κ1) is 16.3. The third-order valence-electron chi connectivity index (χ3n) is 3.85. The predicted molar refractivity (Wildman–Crippen MR) is 84.4 cm³/mol. The summed E-state index contributed by atoms with van der Waals surface area (Å²) in [5.41, 5.74) is 1.22. The molecule has 1 aromatic carbocycles. The van der Waals surface area contributed by atoms with Crippen LogP contribution in [0.2, 0.25) is 0 Å². The Morgan fingerprint density at radius 2 is 2.05 bits per heavy atom. The molecule has 118 valence electrons. The highest BCUT2D eigenvalue weighted by Crippen LogP contribution is 2.16. The summed E-state index contributed by atoms with van der Waals surface area (Å²) in [6.07, 6.45) is 0.734. The fourth-order valence-electron chi connectivity index (χ4n) is 2.52. The van der Waals surface area contributed by atoms with Crippen molar-refractivity contribution in [1.82, 2.24) is 10.2 Å². The minimum Gasteiger partial charge on any atom is -0.492 e. The second-order valence-corrected chi connectivity index (χ2v) is 7.79. The van der Waals surface area contributed by atoms with E-state index < -0.39 is 9.84 Å². The topological polar surface area (TPSA) is 58.6 Å². The number of hydrogen-bond acceptors (Lipinski definition) is 5. The van der Waals surface area contributed by atoms with Crippen LogP contribution in [0.5, 0.6) is 5.75 Å². The van der Waals surface area contributed by atoms with E-state index in [1.165, 1.54) is 5.56 Å². The SMILES string of the molecule is CNCc1ccc(OCCN(C)C2CCS(=O)(=O)C2)cc1. The molecule has 0 spiro atoms. The zero-order valence-corrected chi connectivity index (χ0v) is 13.5. The fraction of sp³-hybridized carbons (Fsp3) is 0.600. The van der Waals surface area contributed by atoms with Crippen LogP contribution in [0.1, 0.15) is 12.0 Å². The Bertz CT molecular complexity index is 543. The fourth-order valence-corrected chi connectivity index (χ4v) is 4.33. The quantitative estimate of drug-likeness (QED) is 0.811. The van der Waals surface area contributed by atoms with Gasteiger partial charge in [0.25, 0.3) is 0 Å². The first-order valence-corrected chi connectivity index (χ1v) is 9.09. The summed E-state index contributed by atoms with van der Waals surface area (Å²) in [6, 6.07) is 8.15. The van der Waals surface area contributed by atoms with E-state index in [1.54, 1.807) is 0 Å². The molecule has 2 rings (SSSR count). The first-order valence-electron chi connectivity index (χ1n) is 7.27. The third-order valence-corrected chi connectivity index (χ3v) is 5.60. The average Bonchev–Trinajstić information content (AvgIpc) is 2.81. The molecule has 0 aliphatic carbocycles. The summed E-state index contributed by atoms with van der Waals surface area (Å²) in [4.78, 5) is 2.08. The molecule has 1 N–H and O–H groups in total. The smallest absolute Gasteiger partial charge is 0.151 e. The van der Waals surface area contributed by atoms with Gasteiger partial charge in [-0.05, 0) is 38.2 Å². The van der Waals surface area contributed by atoms with E-state index in [1.807, 2.05) is 38.4 Å². The van der Waals surface area contributed by atoms with Crippen molar-refractivity contribution in [2.24, 2.45) is 0 Å². The molecule has 1 fully saturated rings. The van der Waals surface area contributed by atoms with Crippen LogP contribution in [0, 0.1) is 0 Å². The molecule has 21 heavy (non-hydrogen) atoms. The van der Waals surface area contributed by atoms with Crippen LogP contribution in [0.3, 0.4) is 0 Å². The second kappa shape index (κ2) is 7.24. The largest absolute Gasteiger partial charge is 0.492 e. The van der Waals surface area contributed by atoms with Crippen LogP contribution in [-0.2, 0) is 16.4 Å². The molecule has 5 nitrogen and oxygen atoms in total. The number of ether oxygens (including phenoxy) is 1. The molecule has 0 amide bonds. The van der Waals surface area contributed by atoms with Crippen molar-refractivity contribution in [2.75, 3.05) is 38.8 Å². The number of rotatable bonds is 7. The van der Waals surface area contributed by atoms with Crippen molar-refractivity contribution in [1.29, 1.82) is 0 Å². The summed E-state index contributed by atoms with van der Waals surface area (Å²) in [5.74, 6) is 1.44. The Balaban J connectivity index is 1.74. The van der Waals surface area contributed by atoms with Gasteiger partial charge in [-0.1, -0.05) is 12.1 Å². The van der Waals surface area contributed by atoms with Gasteiger partial charge in [-0.25, -0.2) is 8.42 Å². The van der Waals surface area contributed by atoms with E-state index in [0.717, 1.165) is 25.3 Å². The summed E-state index contributed by atoms with van der Waals surface area (Å²) >= 11 is 0. The van der Waals surface area contributed by atoms with Crippen molar-refractivity contribution in [3.63, 3.8) is 0 Å². The predicted octanol–water partition coefficient (Wildman–Crippen LogP) is 0.904. The summed E-state index contributed by atoms with van der Waals surface area (Å²) in [6.45, 7) is 2.15. The molecule has 1 aliphatic heterocycles. The molecule has 0 bridgehead atoms. The molecule has 1 unspecified atom stereocenters. The average molecular weight is 312 g/mol. The zero-order valence-electron chi connectivity index (χ0n) is 12.7. The lowest BCUT2D eigenvalue weighted by Crippen LogP contribution is -2.35. The Kier molecular flexibility index (Phi) is 5.61. The molecule has 1 saturated heterocycles. The lowest BCUT2D eigenvalue weighted by atomic mass is 10.2. The van der Waals surface area contributed by atoms with E-state index in [9.17, 15) is 8.42 Å². The van der Waals surface area contributed by atoms with Gasteiger partial charge in [-0.2, -0.15) is 0 Å². The van der Waals surface area contributed by atoms with Gasteiger partial charge in [0, 0.05) is 19.1 Å². The summed E-state index contributed by atoms with van der Waals surface area (Å²) in [7, 11) is 1.07. The second-order valence-electron chi connectivity index (χ2n) is 5.56. The molecule has 1 aromatic rings. The van der Waals surface area contributed by atoms with E-state index in [4.69, 9.17) is 4.74 Å². The molecular formula is C15H24N2O3S. The highest BCUT2D eigenvalue weighted by Gasteiger charge is 2.30. The molecule has 0 aromatic heterocycles. The van der Waals surface area contributed by atoms with Gasteiger partial charge in [0.2, 0.25) is 0 Å². The van der Waals surface area contributed by atoms with E-state index in [0.29, 0.717) is 12.4 Å². The Labute approximate surface area is 127 Å². The Morgan fingerprint density at radius 3 is 2.62 bits per heavy atom. The minimum atomic E-state index is -2.82. The molecule has 0 radical (unpaired) electrons. The number of likely N-dealkylation sites (N-methyl/N-ethyl adjacent to an activating group) is 1. The number of benzene rings is 1. The van der Waals surface area contributed by atoms with E-state index in [2.05, 4.69) is 10.2 Å². The van der Waals surface area contributed by atoms with Gasteiger partial charge in [0.05, 0.1) is 11.5 Å². The highest BCUT2D eigenvalue weighted by atomic mass is 32.2. The maximum atomic E-state index is 11.5. The molecular weight excluding hydrogens is 288 g/mol. The van der Waals surface area contributed by atoms with Crippen LogP contribution in [0.15, 0.2) is 24.3 Å². The van der Waals surface area contributed by atoms with Crippen LogP contribution in [-0.4, -0.2) is 58.1 Å². The van der Waals surface area contributed by atoms with Crippen LogP contribution in [0.4, 0.5) is 0 Å².